The summed E-state index contributed by atoms with van der Waals surface area (Å²) in [5, 5.41) is 8.55. The van der Waals surface area contributed by atoms with Crippen LogP contribution < -0.4 is 16.0 Å². The molecule has 0 aliphatic carbocycles. The van der Waals surface area contributed by atoms with Gasteiger partial charge in [-0.05, 0) is 55.0 Å². The van der Waals surface area contributed by atoms with Crippen molar-refractivity contribution in [1.29, 1.82) is 0 Å². The second-order valence-corrected chi connectivity index (χ2v) is 6.22. The van der Waals surface area contributed by atoms with Gasteiger partial charge in [0.15, 0.2) is 0 Å². The zero-order chi connectivity index (χ0) is 19.9. The maximum Gasteiger partial charge on any atom is 0.257 e. The SMILES string of the molecule is Cc1ccccc1NC(=O)CNc1ccccc1C(=O)Nc1ccc(F)cc1. The monoisotopic (exact) mass is 377 g/mol. The molecule has 0 bridgehead atoms. The number of hydrogen-bond donors (Lipinski definition) is 3. The van der Waals surface area contributed by atoms with Gasteiger partial charge in [-0.3, -0.25) is 9.59 Å². The largest absolute Gasteiger partial charge is 0.376 e. The molecule has 5 nitrogen and oxygen atoms in total. The number of anilines is 3. The maximum absolute atomic E-state index is 13.0. The Labute approximate surface area is 162 Å². The smallest absolute Gasteiger partial charge is 0.257 e. The van der Waals surface area contributed by atoms with Crippen molar-refractivity contribution in [3.05, 3.63) is 89.7 Å². The van der Waals surface area contributed by atoms with Gasteiger partial charge in [0, 0.05) is 17.1 Å². The van der Waals surface area contributed by atoms with Gasteiger partial charge in [-0.25, -0.2) is 4.39 Å². The number of para-hydroxylation sites is 2. The molecule has 0 spiro atoms. The molecule has 3 aromatic rings. The van der Waals surface area contributed by atoms with Crippen LogP contribution in [0.15, 0.2) is 72.8 Å². The van der Waals surface area contributed by atoms with E-state index in [1.807, 2.05) is 31.2 Å². The molecular formula is C22H20FN3O2. The summed E-state index contributed by atoms with van der Waals surface area (Å²) < 4.78 is 13.0. The zero-order valence-electron chi connectivity index (χ0n) is 15.3. The van der Waals surface area contributed by atoms with Gasteiger partial charge in [0.2, 0.25) is 5.91 Å². The van der Waals surface area contributed by atoms with Crippen LogP contribution in [0.4, 0.5) is 21.5 Å². The molecule has 0 unspecified atom stereocenters. The molecule has 142 valence electrons. The van der Waals surface area contributed by atoms with Gasteiger partial charge in [-0.15, -0.1) is 0 Å². The molecule has 0 saturated heterocycles. The van der Waals surface area contributed by atoms with E-state index in [1.54, 1.807) is 24.3 Å². The van der Waals surface area contributed by atoms with Crippen molar-refractivity contribution in [2.45, 2.75) is 6.92 Å². The summed E-state index contributed by atoms with van der Waals surface area (Å²) in [7, 11) is 0. The van der Waals surface area contributed by atoms with Gasteiger partial charge < -0.3 is 16.0 Å². The molecule has 0 saturated carbocycles. The van der Waals surface area contributed by atoms with Crippen LogP contribution in [0.2, 0.25) is 0 Å². The van der Waals surface area contributed by atoms with Crippen LogP contribution in [0.3, 0.4) is 0 Å². The van der Waals surface area contributed by atoms with E-state index in [9.17, 15) is 14.0 Å². The lowest BCUT2D eigenvalue weighted by molar-refractivity contribution is -0.114. The van der Waals surface area contributed by atoms with Gasteiger partial charge in [0.1, 0.15) is 5.82 Å². The first kappa shape index (κ1) is 19.1. The molecule has 0 atom stereocenters. The Bertz CT molecular complexity index is 987. The van der Waals surface area contributed by atoms with Crippen molar-refractivity contribution in [2.75, 3.05) is 22.5 Å². The first-order valence-corrected chi connectivity index (χ1v) is 8.78. The van der Waals surface area contributed by atoms with Gasteiger partial charge in [-0.1, -0.05) is 30.3 Å². The van der Waals surface area contributed by atoms with Crippen molar-refractivity contribution in [2.24, 2.45) is 0 Å². The van der Waals surface area contributed by atoms with E-state index in [0.717, 1.165) is 11.3 Å². The van der Waals surface area contributed by atoms with Crippen LogP contribution in [0, 0.1) is 12.7 Å². The Morgan fingerprint density at radius 1 is 0.821 bits per heavy atom. The number of halogens is 1. The minimum Gasteiger partial charge on any atom is -0.376 e. The molecule has 28 heavy (non-hydrogen) atoms. The zero-order valence-corrected chi connectivity index (χ0v) is 15.3. The highest BCUT2D eigenvalue weighted by Crippen LogP contribution is 2.18. The summed E-state index contributed by atoms with van der Waals surface area (Å²) in [4.78, 5) is 24.8. The highest BCUT2D eigenvalue weighted by molar-refractivity contribution is 6.08. The summed E-state index contributed by atoms with van der Waals surface area (Å²) >= 11 is 0. The molecular weight excluding hydrogens is 357 g/mol. The van der Waals surface area contributed by atoms with Crippen molar-refractivity contribution in [1.82, 2.24) is 0 Å². The molecule has 3 N–H and O–H groups in total. The predicted octanol–water partition coefficient (Wildman–Crippen LogP) is 4.44. The fraction of sp³-hybridized carbons (Fsp3) is 0.0909. The van der Waals surface area contributed by atoms with Crippen LogP contribution in [0.5, 0.6) is 0 Å². The van der Waals surface area contributed by atoms with Crippen LogP contribution in [-0.2, 0) is 4.79 Å². The first-order chi connectivity index (χ1) is 13.5. The van der Waals surface area contributed by atoms with Gasteiger partial charge in [-0.2, -0.15) is 0 Å². The van der Waals surface area contributed by atoms with E-state index in [1.165, 1.54) is 24.3 Å². The van der Waals surface area contributed by atoms with Crippen molar-refractivity contribution in [3.8, 4) is 0 Å². The Hall–Kier alpha value is -3.67. The molecule has 0 aliphatic rings. The molecule has 6 heteroatoms. The molecule has 0 heterocycles. The third kappa shape index (κ3) is 4.94. The molecule has 0 radical (unpaired) electrons. The van der Waals surface area contributed by atoms with E-state index >= 15 is 0 Å². The molecule has 0 aliphatic heterocycles. The first-order valence-electron chi connectivity index (χ1n) is 8.78. The molecule has 2 amide bonds. The number of aryl methyl sites for hydroxylation is 1. The standard InChI is InChI=1S/C22H20FN3O2/c1-15-6-2-4-8-19(15)26-21(27)14-24-20-9-5-3-7-18(20)22(28)25-17-12-10-16(23)11-13-17/h2-13,24H,14H2,1H3,(H,25,28)(H,26,27). The van der Waals surface area contributed by atoms with Crippen molar-refractivity contribution < 1.29 is 14.0 Å². The Balaban J connectivity index is 1.65. The summed E-state index contributed by atoms with van der Waals surface area (Å²) in [6, 6.07) is 19.9. The Kier molecular flexibility index (Phi) is 6.01. The third-order valence-electron chi connectivity index (χ3n) is 4.13. The van der Waals surface area contributed by atoms with E-state index in [2.05, 4.69) is 16.0 Å². The number of amides is 2. The average molecular weight is 377 g/mol. The topological polar surface area (TPSA) is 70.2 Å². The molecule has 0 fully saturated rings. The second-order valence-electron chi connectivity index (χ2n) is 6.22. The van der Waals surface area contributed by atoms with Crippen LogP contribution in [-0.4, -0.2) is 18.4 Å². The minimum atomic E-state index is -0.375. The number of carbonyl (C=O) groups is 2. The number of nitrogens with one attached hydrogen (secondary N) is 3. The third-order valence-corrected chi connectivity index (χ3v) is 4.13. The lowest BCUT2D eigenvalue weighted by atomic mass is 10.1. The summed E-state index contributed by atoms with van der Waals surface area (Å²) in [5.74, 6) is -0.947. The van der Waals surface area contributed by atoms with E-state index in [-0.39, 0.29) is 24.2 Å². The van der Waals surface area contributed by atoms with Gasteiger partial charge >= 0.3 is 0 Å². The van der Waals surface area contributed by atoms with E-state index in [0.29, 0.717) is 16.9 Å². The Morgan fingerprint density at radius 2 is 1.46 bits per heavy atom. The summed E-state index contributed by atoms with van der Waals surface area (Å²) in [5.41, 5.74) is 3.11. The highest BCUT2D eigenvalue weighted by Gasteiger charge is 2.12. The number of benzene rings is 3. The van der Waals surface area contributed by atoms with Crippen molar-refractivity contribution in [3.63, 3.8) is 0 Å². The second kappa shape index (κ2) is 8.81. The lowest BCUT2D eigenvalue weighted by Gasteiger charge is -2.13. The normalized spacial score (nSPS) is 10.2. The summed E-state index contributed by atoms with van der Waals surface area (Å²) in [6.07, 6.45) is 0. The molecule has 0 aromatic heterocycles. The number of carbonyl (C=O) groups excluding carboxylic acids is 2. The lowest BCUT2D eigenvalue weighted by Crippen LogP contribution is -2.23. The van der Waals surface area contributed by atoms with Crippen molar-refractivity contribution >= 4 is 28.9 Å². The van der Waals surface area contributed by atoms with Crippen LogP contribution in [0.1, 0.15) is 15.9 Å². The van der Waals surface area contributed by atoms with Gasteiger partial charge in [0.25, 0.3) is 5.91 Å². The van der Waals surface area contributed by atoms with Crippen LogP contribution >= 0.6 is 0 Å². The fourth-order valence-electron chi connectivity index (χ4n) is 2.65. The molecule has 3 aromatic carbocycles. The minimum absolute atomic E-state index is 0.00910. The quantitative estimate of drug-likeness (QED) is 0.595. The number of hydrogen-bond acceptors (Lipinski definition) is 3. The van der Waals surface area contributed by atoms with E-state index in [4.69, 9.17) is 0 Å². The maximum atomic E-state index is 13.0. The van der Waals surface area contributed by atoms with Crippen LogP contribution in [0.25, 0.3) is 0 Å². The van der Waals surface area contributed by atoms with E-state index < -0.39 is 0 Å². The molecule has 3 rings (SSSR count). The average Bonchev–Trinajstić information content (AvgIpc) is 2.70. The fourth-order valence-corrected chi connectivity index (χ4v) is 2.65. The van der Waals surface area contributed by atoms with Gasteiger partial charge in [0.05, 0.1) is 12.1 Å². The number of rotatable bonds is 6. The summed E-state index contributed by atoms with van der Waals surface area (Å²) in [6.45, 7) is 1.92. The highest BCUT2D eigenvalue weighted by atomic mass is 19.1. The predicted molar refractivity (Wildman–Crippen MR) is 109 cm³/mol. The Morgan fingerprint density at radius 3 is 2.18 bits per heavy atom.